The number of benzene rings is 1. The maximum Gasteiger partial charge on any atom is 0.169 e. The van der Waals surface area contributed by atoms with E-state index in [1.807, 2.05) is 16.7 Å². The third kappa shape index (κ3) is 2.15. The monoisotopic (exact) mass is 279 g/mol. The van der Waals surface area contributed by atoms with E-state index in [-0.39, 0.29) is 11.7 Å². The Morgan fingerprint density at radius 2 is 2.17 bits per heavy atom. The molecular formula is C12H10ClN3OS. The smallest absolute Gasteiger partial charge is 0.169 e. The topological polar surface area (TPSA) is 47.8 Å². The Bertz CT molecular complexity index is 585. The van der Waals surface area contributed by atoms with Crippen LogP contribution in [-0.4, -0.2) is 26.3 Å². The van der Waals surface area contributed by atoms with E-state index in [1.165, 1.54) is 0 Å². The molecule has 18 heavy (non-hydrogen) atoms. The molecule has 0 saturated heterocycles. The Hall–Kier alpha value is -1.33. The lowest BCUT2D eigenvalue weighted by Gasteiger charge is -2.22. The van der Waals surface area contributed by atoms with Crippen molar-refractivity contribution in [2.75, 3.05) is 5.75 Å². The maximum absolute atomic E-state index is 12.4. The molecule has 2 heterocycles. The van der Waals surface area contributed by atoms with Gasteiger partial charge >= 0.3 is 0 Å². The number of carbonyl (C=O) groups excluding carboxylic acids is 1. The van der Waals surface area contributed by atoms with Gasteiger partial charge in [0.25, 0.3) is 0 Å². The molecule has 1 unspecified atom stereocenters. The van der Waals surface area contributed by atoms with Crippen LogP contribution in [0.25, 0.3) is 0 Å². The van der Waals surface area contributed by atoms with Gasteiger partial charge in [0.2, 0.25) is 0 Å². The van der Waals surface area contributed by atoms with Crippen LogP contribution in [0.1, 0.15) is 10.4 Å². The summed E-state index contributed by atoms with van der Waals surface area (Å²) < 4.78 is 1.83. The summed E-state index contributed by atoms with van der Waals surface area (Å²) in [7, 11) is 0. The lowest BCUT2D eigenvalue weighted by molar-refractivity contribution is 0.0915. The fourth-order valence-electron chi connectivity index (χ4n) is 2.01. The van der Waals surface area contributed by atoms with Crippen LogP contribution in [0.3, 0.4) is 0 Å². The van der Waals surface area contributed by atoms with E-state index in [4.69, 9.17) is 11.6 Å². The average Bonchev–Trinajstić information content (AvgIpc) is 2.86. The molecule has 0 N–H and O–H groups in total. The first-order chi connectivity index (χ1) is 8.74. The first kappa shape index (κ1) is 11.7. The Morgan fingerprint density at radius 3 is 2.94 bits per heavy atom. The van der Waals surface area contributed by atoms with Gasteiger partial charge in [-0.3, -0.25) is 4.79 Å². The number of Topliss-reactive ketones (excluding diaryl/α,β-unsaturated/α-hetero) is 1. The van der Waals surface area contributed by atoms with Crippen LogP contribution in [0.4, 0.5) is 0 Å². The molecule has 0 radical (unpaired) electrons. The predicted molar refractivity (Wildman–Crippen MR) is 70.0 cm³/mol. The number of thioether (sulfide) groups is 1. The zero-order valence-electron chi connectivity index (χ0n) is 9.41. The molecule has 0 spiro atoms. The highest BCUT2D eigenvalue weighted by molar-refractivity contribution is 7.99. The lowest BCUT2D eigenvalue weighted by Crippen LogP contribution is -2.26. The van der Waals surface area contributed by atoms with Gasteiger partial charge in [0.05, 0.1) is 0 Å². The molecule has 6 heteroatoms. The highest BCUT2D eigenvalue weighted by Gasteiger charge is 2.28. The second-order valence-corrected chi connectivity index (χ2v) is 5.67. The average molecular weight is 280 g/mol. The number of fused-ring (bicyclic) bond motifs is 1. The predicted octanol–water partition coefficient (Wildman–Crippen LogP) is 2.54. The largest absolute Gasteiger partial charge is 0.319 e. The van der Waals surface area contributed by atoms with Gasteiger partial charge in [-0.25, -0.2) is 0 Å². The van der Waals surface area contributed by atoms with Gasteiger partial charge in [-0.15, -0.1) is 22.0 Å². The molecule has 1 aliphatic rings. The summed E-state index contributed by atoms with van der Waals surface area (Å²) >= 11 is 7.64. The molecule has 92 valence electrons. The van der Waals surface area contributed by atoms with Crippen LogP contribution in [0.15, 0.2) is 35.7 Å². The summed E-state index contributed by atoms with van der Waals surface area (Å²) in [5.41, 5.74) is 0.733. The molecule has 1 aliphatic heterocycles. The van der Waals surface area contributed by atoms with Crippen LogP contribution >= 0.6 is 23.4 Å². The molecule has 2 aromatic rings. The van der Waals surface area contributed by atoms with Crippen LogP contribution < -0.4 is 0 Å². The van der Waals surface area contributed by atoms with Gasteiger partial charge in [-0.05, 0) is 18.2 Å². The molecule has 3 rings (SSSR count). The van der Waals surface area contributed by atoms with Crippen LogP contribution in [-0.2, 0) is 6.54 Å². The molecule has 1 aromatic heterocycles. The summed E-state index contributed by atoms with van der Waals surface area (Å²) in [4.78, 5) is 13.4. The zero-order chi connectivity index (χ0) is 12.5. The normalized spacial score (nSPS) is 18.7. The van der Waals surface area contributed by atoms with E-state index in [2.05, 4.69) is 10.2 Å². The Balaban J connectivity index is 1.87. The van der Waals surface area contributed by atoms with E-state index < -0.39 is 0 Å². The summed E-state index contributed by atoms with van der Waals surface area (Å²) in [6.07, 6.45) is 3.26. The van der Waals surface area contributed by atoms with Crippen molar-refractivity contribution in [2.45, 2.75) is 11.4 Å². The standard InChI is InChI=1S/C12H10ClN3OS/c13-9-1-2-11-10(3-9)12(17)8(5-18-11)4-16-6-14-15-7-16/h1-3,6-8H,4-5H2. The summed E-state index contributed by atoms with van der Waals surface area (Å²) in [5, 5.41) is 8.09. The molecule has 1 aromatic carbocycles. The van der Waals surface area contributed by atoms with Crippen molar-refractivity contribution in [2.24, 2.45) is 5.92 Å². The number of hydrogen-bond donors (Lipinski definition) is 0. The molecule has 1 atom stereocenters. The SMILES string of the molecule is O=C1c2cc(Cl)ccc2SCC1Cn1cnnc1. The van der Waals surface area contributed by atoms with Gasteiger partial charge in [0.15, 0.2) is 5.78 Å². The van der Waals surface area contributed by atoms with Crippen molar-refractivity contribution in [3.05, 3.63) is 41.4 Å². The van der Waals surface area contributed by atoms with Crippen LogP contribution in [0.5, 0.6) is 0 Å². The minimum absolute atomic E-state index is 0.0445. The van der Waals surface area contributed by atoms with Crippen molar-refractivity contribution < 1.29 is 4.79 Å². The summed E-state index contributed by atoms with van der Waals surface area (Å²) in [6, 6.07) is 5.49. The Labute approximate surface area is 113 Å². The van der Waals surface area contributed by atoms with Gasteiger partial charge < -0.3 is 4.57 Å². The summed E-state index contributed by atoms with van der Waals surface area (Å²) in [6.45, 7) is 0.616. The number of nitrogens with zero attached hydrogens (tertiary/aromatic N) is 3. The molecule has 0 bridgehead atoms. The van der Waals surface area contributed by atoms with Crippen molar-refractivity contribution >= 4 is 29.1 Å². The van der Waals surface area contributed by atoms with Crippen molar-refractivity contribution in [3.8, 4) is 0 Å². The van der Waals surface area contributed by atoms with Crippen LogP contribution in [0, 0.1) is 5.92 Å². The molecular weight excluding hydrogens is 270 g/mol. The second-order valence-electron chi connectivity index (χ2n) is 4.17. The minimum Gasteiger partial charge on any atom is -0.319 e. The molecule has 0 aliphatic carbocycles. The van der Waals surface area contributed by atoms with E-state index in [0.29, 0.717) is 11.6 Å². The number of carbonyl (C=O) groups is 1. The van der Waals surface area contributed by atoms with Crippen molar-refractivity contribution in [1.29, 1.82) is 0 Å². The molecule has 0 amide bonds. The molecule has 0 saturated carbocycles. The van der Waals surface area contributed by atoms with Crippen LogP contribution in [0.2, 0.25) is 5.02 Å². The minimum atomic E-state index is -0.0445. The molecule has 4 nitrogen and oxygen atoms in total. The zero-order valence-corrected chi connectivity index (χ0v) is 11.0. The second kappa shape index (κ2) is 4.74. The van der Waals surface area contributed by atoms with E-state index in [1.54, 1.807) is 30.5 Å². The van der Waals surface area contributed by atoms with Gasteiger partial charge in [0, 0.05) is 33.7 Å². The Morgan fingerprint density at radius 1 is 1.39 bits per heavy atom. The lowest BCUT2D eigenvalue weighted by atomic mass is 9.98. The third-order valence-electron chi connectivity index (χ3n) is 2.92. The third-order valence-corrected chi connectivity index (χ3v) is 4.39. The number of aromatic nitrogens is 3. The fraction of sp³-hybridized carbons (Fsp3) is 0.250. The van der Waals surface area contributed by atoms with Gasteiger partial charge in [0.1, 0.15) is 12.7 Å². The maximum atomic E-state index is 12.4. The van der Waals surface area contributed by atoms with Crippen molar-refractivity contribution in [3.63, 3.8) is 0 Å². The number of rotatable bonds is 2. The number of ketones is 1. The first-order valence-electron chi connectivity index (χ1n) is 5.53. The van der Waals surface area contributed by atoms with Gasteiger partial charge in [-0.1, -0.05) is 11.6 Å². The highest BCUT2D eigenvalue weighted by Crippen LogP contribution is 2.34. The van der Waals surface area contributed by atoms with E-state index in [9.17, 15) is 4.79 Å². The van der Waals surface area contributed by atoms with Gasteiger partial charge in [-0.2, -0.15) is 0 Å². The number of halogens is 1. The molecule has 0 fully saturated rings. The van der Waals surface area contributed by atoms with E-state index in [0.717, 1.165) is 16.2 Å². The number of hydrogen-bond acceptors (Lipinski definition) is 4. The fourth-order valence-corrected chi connectivity index (χ4v) is 3.30. The quantitative estimate of drug-likeness (QED) is 0.848. The first-order valence-corrected chi connectivity index (χ1v) is 6.89. The van der Waals surface area contributed by atoms with E-state index >= 15 is 0 Å². The summed E-state index contributed by atoms with van der Waals surface area (Å²) in [5.74, 6) is 0.892. The van der Waals surface area contributed by atoms with Crippen molar-refractivity contribution in [1.82, 2.24) is 14.8 Å². The highest BCUT2D eigenvalue weighted by atomic mass is 35.5. The Kier molecular flexibility index (Phi) is 3.09.